The molecule has 1 amide bonds. The minimum Gasteiger partial charge on any atom is -0.390 e. The molecule has 0 bridgehead atoms. The van der Waals surface area contributed by atoms with Crippen LogP contribution >= 0.6 is 7.82 Å². The Morgan fingerprint density at radius 3 is 1.72 bits per heavy atom. The number of carbonyl (C=O) groups is 1. The van der Waals surface area contributed by atoms with E-state index in [0.29, 0.717) is 23.9 Å². The highest BCUT2D eigenvalue weighted by Gasteiger charge is 2.31. The molecule has 0 fully saturated rings. The summed E-state index contributed by atoms with van der Waals surface area (Å²) in [6, 6.07) is -1.04. The molecule has 10 heteroatoms. The zero-order valence-electron chi connectivity index (χ0n) is 34.9. The Morgan fingerprint density at radius 1 is 0.679 bits per heavy atom. The summed E-state index contributed by atoms with van der Waals surface area (Å²) in [7, 11) is 1.42. The van der Waals surface area contributed by atoms with Gasteiger partial charge in [0.25, 0.3) is 0 Å². The van der Waals surface area contributed by atoms with E-state index in [4.69, 9.17) is 9.05 Å². The van der Waals surface area contributed by atoms with Crippen molar-refractivity contribution in [3.63, 3.8) is 0 Å². The molecule has 0 rings (SSSR count). The third-order valence-electron chi connectivity index (χ3n) is 9.49. The van der Waals surface area contributed by atoms with Crippen molar-refractivity contribution in [1.29, 1.82) is 0 Å². The van der Waals surface area contributed by atoms with E-state index in [1.54, 1.807) is 0 Å². The van der Waals surface area contributed by atoms with Crippen LogP contribution in [-0.2, 0) is 18.4 Å². The molecule has 9 nitrogen and oxygen atoms in total. The molecule has 0 saturated heterocycles. The minimum atomic E-state index is -4.41. The topological polar surface area (TPSA) is 125 Å². The maximum absolute atomic E-state index is 12.9. The average molecular weight is 772 g/mol. The van der Waals surface area contributed by atoms with Crippen LogP contribution in [0.2, 0.25) is 0 Å². The summed E-state index contributed by atoms with van der Waals surface area (Å²) >= 11 is 0. The van der Waals surface area contributed by atoms with Gasteiger partial charge in [-0.1, -0.05) is 159 Å². The fraction of sp³-hybridized carbons (Fsp3) is 0.837. The summed E-state index contributed by atoms with van der Waals surface area (Å²) < 4.78 is 23.5. The van der Waals surface area contributed by atoms with Gasteiger partial charge in [0.1, 0.15) is 19.3 Å². The second-order valence-electron chi connectivity index (χ2n) is 15.8. The van der Waals surface area contributed by atoms with E-state index in [-0.39, 0.29) is 18.9 Å². The SMILES string of the molecule is CC/C=C\C/C=C\C/C=C\CCCCCCCCCC(=O)NC(COP(=O)(O)OCC[N+](C)(C)C)C(O)C(O)CCCCCCCCCCCCCC. The van der Waals surface area contributed by atoms with Crippen LogP contribution in [0.3, 0.4) is 0 Å². The smallest absolute Gasteiger partial charge is 0.390 e. The number of carbonyl (C=O) groups excluding carboxylic acids is 1. The van der Waals surface area contributed by atoms with Crippen LogP contribution < -0.4 is 5.32 Å². The Bertz CT molecular complexity index is 982. The monoisotopic (exact) mass is 772 g/mol. The van der Waals surface area contributed by atoms with Crippen LogP contribution in [0.1, 0.15) is 174 Å². The number of hydrogen-bond acceptors (Lipinski definition) is 6. The maximum atomic E-state index is 12.9. The molecule has 4 atom stereocenters. The standard InChI is InChI=1S/C43H83N2O7P/c1-6-8-10-12-14-16-18-20-21-22-23-24-26-28-30-32-34-36-42(47)44-40(39-52-53(49,50)51-38-37-45(3,4)5)43(48)41(46)35-33-31-29-27-25-19-17-15-13-11-9-7-2/h8,10,14,16,20-21,40-41,43,46,48H,6-7,9,11-13,15,17-19,22-39H2,1-5H3,(H-,44,47,49,50)/p+1/b10-8-,16-14-,21-20-. The Morgan fingerprint density at radius 2 is 1.17 bits per heavy atom. The van der Waals surface area contributed by atoms with Crippen LogP contribution in [0.5, 0.6) is 0 Å². The molecule has 0 aromatic rings. The summed E-state index contributed by atoms with van der Waals surface area (Å²) in [5.41, 5.74) is 0. The molecule has 0 aromatic heterocycles. The molecule has 0 spiro atoms. The van der Waals surface area contributed by atoms with Gasteiger partial charge in [0, 0.05) is 6.42 Å². The molecule has 0 radical (unpaired) electrons. The molecule has 0 aromatic carbocycles. The number of quaternary nitrogens is 1. The highest BCUT2D eigenvalue weighted by Crippen LogP contribution is 2.43. The predicted octanol–water partition coefficient (Wildman–Crippen LogP) is 10.5. The molecule has 0 aliphatic heterocycles. The van der Waals surface area contributed by atoms with Gasteiger partial charge >= 0.3 is 7.82 Å². The van der Waals surface area contributed by atoms with Gasteiger partial charge in [0.2, 0.25) is 5.91 Å². The van der Waals surface area contributed by atoms with E-state index >= 15 is 0 Å². The number of phosphoric ester groups is 1. The Balaban J connectivity index is 4.53. The van der Waals surface area contributed by atoms with Crippen molar-refractivity contribution in [3.05, 3.63) is 36.5 Å². The number of phosphoric acid groups is 1. The zero-order valence-corrected chi connectivity index (χ0v) is 35.8. The van der Waals surface area contributed by atoms with Crippen LogP contribution in [-0.4, -0.2) is 84.6 Å². The third kappa shape index (κ3) is 36.1. The lowest BCUT2D eigenvalue weighted by Gasteiger charge is -2.28. The van der Waals surface area contributed by atoms with Crippen molar-refractivity contribution in [3.8, 4) is 0 Å². The number of amides is 1. The fourth-order valence-corrected chi connectivity index (χ4v) is 6.77. The first-order chi connectivity index (χ1) is 25.4. The van der Waals surface area contributed by atoms with E-state index in [1.165, 1.54) is 77.0 Å². The van der Waals surface area contributed by atoms with E-state index < -0.39 is 32.7 Å². The summed E-state index contributed by atoms with van der Waals surface area (Å²) in [6.45, 7) is 4.47. The first-order valence-corrected chi connectivity index (χ1v) is 22.9. The van der Waals surface area contributed by atoms with Crippen molar-refractivity contribution in [2.24, 2.45) is 0 Å². The van der Waals surface area contributed by atoms with E-state index in [1.807, 2.05) is 21.1 Å². The third-order valence-corrected chi connectivity index (χ3v) is 10.5. The maximum Gasteiger partial charge on any atom is 0.472 e. The second kappa shape index (κ2) is 35.1. The largest absolute Gasteiger partial charge is 0.472 e. The normalized spacial score (nSPS) is 15.4. The van der Waals surface area contributed by atoms with Gasteiger partial charge in [-0.15, -0.1) is 0 Å². The lowest BCUT2D eigenvalue weighted by Crippen LogP contribution is -2.51. The molecule has 0 aliphatic carbocycles. The van der Waals surface area contributed by atoms with Crippen molar-refractivity contribution < 1.29 is 38.0 Å². The molecule has 4 unspecified atom stereocenters. The van der Waals surface area contributed by atoms with E-state index in [9.17, 15) is 24.5 Å². The summed E-state index contributed by atoms with van der Waals surface area (Å²) in [6.07, 6.45) is 37.7. The Kier molecular flexibility index (Phi) is 34.2. The number of nitrogens with zero attached hydrogens (tertiary/aromatic N) is 1. The van der Waals surface area contributed by atoms with Crippen LogP contribution in [0, 0.1) is 0 Å². The number of allylic oxidation sites excluding steroid dienone is 6. The summed E-state index contributed by atoms with van der Waals surface area (Å²) in [5.74, 6) is -0.270. The van der Waals surface area contributed by atoms with Gasteiger partial charge in [-0.2, -0.15) is 0 Å². The van der Waals surface area contributed by atoms with Gasteiger partial charge in [0.15, 0.2) is 0 Å². The number of rotatable bonds is 38. The Hall–Kier alpha value is -1.32. The quantitative estimate of drug-likeness (QED) is 0.0213. The minimum absolute atomic E-state index is 0.0188. The lowest BCUT2D eigenvalue weighted by atomic mass is 9.99. The number of nitrogens with one attached hydrogen (secondary N) is 1. The zero-order chi connectivity index (χ0) is 39.5. The van der Waals surface area contributed by atoms with Gasteiger partial charge in [-0.25, -0.2) is 4.57 Å². The van der Waals surface area contributed by atoms with Crippen LogP contribution in [0.25, 0.3) is 0 Å². The average Bonchev–Trinajstić information content (AvgIpc) is 3.10. The molecule has 0 aliphatic rings. The molecular weight excluding hydrogens is 687 g/mol. The highest BCUT2D eigenvalue weighted by molar-refractivity contribution is 7.47. The number of unbranched alkanes of at least 4 members (excludes halogenated alkanes) is 18. The first-order valence-electron chi connectivity index (χ1n) is 21.4. The predicted molar refractivity (Wildman–Crippen MR) is 223 cm³/mol. The molecule has 0 heterocycles. The van der Waals surface area contributed by atoms with Gasteiger partial charge in [-0.05, 0) is 44.9 Å². The fourth-order valence-electron chi connectivity index (χ4n) is 6.04. The lowest BCUT2D eigenvalue weighted by molar-refractivity contribution is -0.870. The first kappa shape index (κ1) is 51.7. The van der Waals surface area contributed by atoms with Gasteiger partial charge in [-0.3, -0.25) is 13.8 Å². The van der Waals surface area contributed by atoms with Gasteiger partial charge < -0.3 is 24.9 Å². The molecule has 312 valence electrons. The molecule has 0 saturated carbocycles. The highest BCUT2D eigenvalue weighted by atomic mass is 31.2. The van der Waals surface area contributed by atoms with E-state index in [0.717, 1.165) is 64.2 Å². The van der Waals surface area contributed by atoms with Crippen LogP contribution in [0.15, 0.2) is 36.5 Å². The molecule has 53 heavy (non-hydrogen) atoms. The number of aliphatic hydroxyl groups excluding tert-OH is 2. The van der Waals surface area contributed by atoms with Crippen LogP contribution in [0.4, 0.5) is 0 Å². The van der Waals surface area contributed by atoms with Crippen molar-refractivity contribution in [1.82, 2.24) is 5.32 Å². The Labute approximate surface area is 326 Å². The van der Waals surface area contributed by atoms with Crippen molar-refractivity contribution in [2.75, 3.05) is 40.9 Å². The van der Waals surface area contributed by atoms with Crippen molar-refractivity contribution >= 4 is 13.7 Å². The second-order valence-corrected chi connectivity index (χ2v) is 17.3. The summed E-state index contributed by atoms with van der Waals surface area (Å²) in [4.78, 5) is 23.1. The van der Waals surface area contributed by atoms with Gasteiger partial charge in [0.05, 0.1) is 39.9 Å². The molecule has 4 N–H and O–H groups in total. The number of aliphatic hydroxyl groups is 2. The van der Waals surface area contributed by atoms with Crippen molar-refractivity contribution in [2.45, 2.75) is 193 Å². The number of likely N-dealkylation sites (N-methyl/N-ethyl adjacent to an activating group) is 1. The summed E-state index contributed by atoms with van der Waals surface area (Å²) in [5, 5.41) is 24.6. The van der Waals surface area contributed by atoms with E-state index in [2.05, 4.69) is 55.6 Å². The molecular formula is C43H84N2O7P+. The number of hydrogen-bond donors (Lipinski definition) is 4.